The number of hydrogen-bond donors (Lipinski definition) is 0. The van der Waals surface area contributed by atoms with E-state index in [1.54, 1.807) is 36.4 Å². The van der Waals surface area contributed by atoms with Gasteiger partial charge in [0, 0.05) is 46.5 Å². The number of non-ortho nitro benzene ring substituents is 2. The van der Waals surface area contributed by atoms with Crippen LogP contribution in [0.15, 0.2) is 109 Å². The van der Waals surface area contributed by atoms with E-state index in [1.165, 1.54) is 11.1 Å². The lowest BCUT2D eigenvalue weighted by atomic mass is 9.82. The molecule has 6 aromatic rings. The van der Waals surface area contributed by atoms with Gasteiger partial charge in [0.1, 0.15) is 13.1 Å². The number of nitro groups is 2. The lowest BCUT2D eigenvalue weighted by molar-refractivity contribution is -0.953. The van der Waals surface area contributed by atoms with Crippen molar-refractivity contribution >= 4 is 32.9 Å². The van der Waals surface area contributed by atoms with Crippen molar-refractivity contribution in [3.8, 4) is 33.4 Å². The Balaban J connectivity index is 0.00000432. The van der Waals surface area contributed by atoms with Crippen molar-refractivity contribution in [1.29, 1.82) is 0 Å². The van der Waals surface area contributed by atoms with Gasteiger partial charge in [0.15, 0.2) is 0 Å². The van der Waals surface area contributed by atoms with E-state index in [4.69, 9.17) is 0 Å². The van der Waals surface area contributed by atoms with Crippen molar-refractivity contribution < 1.29 is 31.3 Å². The average Bonchev–Trinajstić information content (AvgIpc) is 3.28. The Hall–Kier alpha value is -4.92. The van der Waals surface area contributed by atoms with E-state index in [0.717, 1.165) is 111 Å². The van der Waals surface area contributed by atoms with Gasteiger partial charge in [0.2, 0.25) is 0 Å². The second-order valence-electron chi connectivity index (χ2n) is 13.4. The summed E-state index contributed by atoms with van der Waals surface area (Å²) >= 11 is 0. The zero-order valence-corrected chi connectivity index (χ0v) is 30.0. The first kappa shape index (κ1) is 34.9. The Morgan fingerprint density at radius 2 is 1.00 bits per heavy atom. The first-order valence-electron chi connectivity index (χ1n) is 17.3. The average molecular weight is 731 g/mol. The maximum Gasteiger partial charge on any atom is 0.270 e. The zero-order chi connectivity index (χ0) is 34.1. The van der Waals surface area contributed by atoms with Crippen LogP contribution in [0.4, 0.5) is 11.4 Å². The predicted octanol–water partition coefficient (Wildman–Crippen LogP) is 8.25. The van der Waals surface area contributed by atoms with E-state index in [-0.39, 0.29) is 38.2 Å². The minimum Gasteiger partial charge on any atom is -1.00 e. The van der Waals surface area contributed by atoms with Crippen LogP contribution in [0.3, 0.4) is 0 Å². The number of nitro benzene ring substituents is 2. The molecule has 0 N–H and O–H groups in total. The summed E-state index contributed by atoms with van der Waals surface area (Å²) in [7, 11) is 0. The Morgan fingerprint density at radius 3 is 1.40 bits per heavy atom. The maximum absolute atomic E-state index is 12.0. The van der Waals surface area contributed by atoms with Gasteiger partial charge in [-0.2, -0.15) is 0 Å². The van der Waals surface area contributed by atoms with Gasteiger partial charge in [-0.15, -0.1) is 0 Å². The topological polar surface area (TPSA) is 86.3 Å². The molecule has 0 unspecified atom stereocenters. The fraction of sp³-hybridized carbons (Fsp3) is 0.238. The number of nitrogens with zero attached hydrogens (tertiary/aromatic N) is 3. The van der Waals surface area contributed by atoms with E-state index in [0.29, 0.717) is 0 Å². The molecule has 0 aromatic heterocycles. The summed E-state index contributed by atoms with van der Waals surface area (Å²) in [4.78, 5) is 23.3. The fourth-order valence-corrected chi connectivity index (χ4v) is 7.91. The summed E-state index contributed by atoms with van der Waals surface area (Å²) in [5.74, 6) is 0. The van der Waals surface area contributed by atoms with Gasteiger partial charge in [-0.25, -0.2) is 0 Å². The molecule has 7 nitrogen and oxygen atoms in total. The Morgan fingerprint density at radius 1 is 0.580 bits per heavy atom. The van der Waals surface area contributed by atoms with Gasteiger partial charge in [-0.1, -0.05) is 99.5 Å². The number of rotatable bonds is 10. The maximum atomic E-state index is 12.0. The largest absolute Gasteiger partial charge is 1.00 e. The van der Waals surface area contributed by atoms with Crippen LogP contribution in [-0.4, -0.2) is 27.4 Å². The van der Waals surface area contributed by atoms with Crippen molar-refractivity contribution in [3.63, 3.8) is 0 Å². The van der Waals surface area contributed by atoms with E-state index in [2.05, 4.69) is 62.4 Å². The second kappa shape index (κ2) is 14.5. The van der Waals surface area contributed by atoms with Crippen LogP contribution in [0.25, 0.3) is 54.9 Å². The molecule has 0 radical (unpaired) electrons. The number of quaternary nitrogens is 1. The molecule has 8 heteroatoms. The molecule has 6 aromatic carbocycles. The van der Waals surface area contributed by atoms with E-state index >= 15 is 0 Å². The van der Waals surface area contributed by atoms with Crippen molar-refractivity contribution in [2.45, 2.75) is 52.6 Å². The third-order valence-electron chi connectivity index (χ3n) is 10.3. The van der Waals surface area contributed by atoms with Gasteiger partial charge in [-0.3, -0.25) is 20.2 Å². The predicted molar refractivity (Wildman–Crippen MR) is 198 cm³/mol. The van der Waals surface area contributed by atoms with Crippen LogP contribution in [0.5, 0.6) is 0 Å². The normalized spacial score (nSPS) is 13.2. The smallest absolute Gasteiger partial charge is 0.270 e. The molecule has 1 aliphatic heterocycles. The summed E-state index contributed by atoms with van der Waals surface area (Å²) in [6.07, 6.45) is 4.26. The number of hydrogen-bond acceptors (Lipinski definition) is 4. The van der Waals surface area contributed by atoms with Crippen LogP contribution in [0.2, 0.25) is 0 Å². The number of halogens is 1. The number of fused-ring (bicyclic) bond motifs is 7. The summed E-state index contributed by atoms with van der Waals surface area (Å²) in [6, 6.07) is 35.4. The highest BCUT2D eigenvalue weighted by Gasteiger charge is 2.37. The fourth-order valence-electron chi connectivity index (χ4n) is 7.91. The van der Waals surface area contributed by atoms with Gasteiger partial charge in [-0.05, 0) is 68.8 Å². The molecule has 0 atom stereocenters. The Labute approximate surface area is 302 Å². The molecule has 50 heavy (non-hydrogen) atoms. The number of unbranched alkanes of at least 4 members (excludes halogenated alkanes) is 2. The molecule has 0 bridgehead atoms. The SMILES string of the molecule is CCCC[N+]1(CCCC)Cc2c(-c3cccc([N+](=O)[O-])c3)cc3ccccc3c2-c2c(c(-c3cccc([N+](=O)[O-])c3)cc3ccccc23)C1.[Br-]. The molecular formula is C42H40BrN3O4. The molecule has 0 aliphatic carbocycles. The molecule has 1 aliphatic rings. The third kappa shape index (κ3) is 6.41. The molecule has 254 valence electrons. The van der Waals surface area contributed by atoms with Gasteiger partial charge >= 0.3 is 0 Å². The van der Waals surface area contributed by atoms with Crippen LogP contribution in [-0.2, 0) is 13.1 Å². The highest BCUT2D eigenvalue weighted by molar-refractivity contribution is 6.12. The van der Waals surface area contributed by atoms with E-state index < -0.39 is 0 Å². The quantitative estimate of drug-likeness (QED) is 0.0808. The minimum absolute atomic E-state index is 0. The standard InChI is InChI=1S/C42H40N3O4.BrH/c1-3-5-21-45(22-6-4-2)27-39-37(29-15-11-17-33(23-29)43(46)47)25-31-13-7-9-19-35(31)41(39)42-36-20-10-8-14-32(36)26-38(40(42)28-45)30-16-12-18-34(24-30)44(48)49;/h7-20,23-26H,3-6,21-22,27-28H2,1-2H3;1H/q+1;/p-1. The zero-order valence-electron chi connectivity index (χ0n) is 28.4. The molecule has 0 saturated carbocycles. The molecular weight excluding hydrogens is 690 g/mol. The molecule has 7 rings (SSSR count). The van der Waals surface area contributed by atoms with Crippen LogP contribution in [0, 0.1) is 20.2 Å². The summed E-state index contributed by atoms with van der Waals surface area (Å²) < 4.78 is 0.836. The van der Waals surface area contributed by atoms with Crippen molar-refractivity contribution in [2.75, 3.05) is 13.1 Å². The second-order valence-corrected chi connectivity index (χ2v) is 13.4. The molecule has 0 amide bonds. The van der Waals surface area contributed by atoms with E-state index in [1.807, 2.05) is 24.3 Å². The van der Waals surface area contributed by atoms with Gasteiger partial charge < -0.3 is 21.5 Å². The Bertz CT molecular complexity index is 2090. The molecule has 0 fully saturated rings. The van der Waals surface area contributed by atoms with Gasteiger partial charge in [0.25, 0.3) is 11.4 Å². The van der Waals surface area contributed by atoms with Crippen LogP contribution < -0.4 is 17.0 Å². The minimum atomic E-state index is -0.319. The first-order valence-corrected chi connectivity index (χ1v) is 17.3. The highest BCUT2D eigenvalue weighted by Crippen LogP contribution is 2.50. The molecule has 0 saturated heterocycles. The highest BCUT2D eigenvalue weighted by atomic mass is 79.9. The Kier molecular flexibility index (Phi) is 10.1. The third-order valence-corrected chi connectivity index (χ3v) is 10.3. The van der Waals surface area contributed by atoms with Crippen LogP contribution in [0.1, 0.15) is 50.7 Å². The summed E-state index contributed by atoms with van der Waals surface area (Å²) in [6.45, 7) is 7.99. The summed E-state index contributed by atoms with van der Waals surface area (Å²) in [5.41, 5.74) is 8.58. The van der Waals surface area contributed by atoms with Crippen molar-refractivity contribution in [3.05, 3.63) is 141 Å². The summed E-state index contributed by atoms with van der Waals surface area (Å²) in [5, 5.41) is 28.4. The monoisotopic (exact) mass is 729 g/mol. The van der Waals surface area contributed by atoms with Gasteiger partial charge in [0.05, 0.1) is 22.9 Å². The van der Waals surface area contributed by atoms with Crippen LogP contribution >= 0.6 is 0 Å². The van der Waals surface area contributed by atoms with Crippen molar-refractivity contribution in [2.24, 2.45) is 0 Å². The molecule has 0 spiro atoms. The van der Waals surface area contributed by atoms with E-state index in [9.17, 15) is 20.2 Å². The lowest BCUT2D eigenvalue weighted by Crippen LogP contribution is -3.00. The first-order chi connectivity index (χ1) is 23.8. The number of benzene rings is 6. The molecule has 1 heterocycles. The lowest BCUT2D eigenvalue weighted by Gasteiger charge is -2.39. The van der Waals surface area contributed by atoms with Crippen molar-refractivity contribution in [1.82, 2.24) is 0 Å².